The summed E-state index contributed by atoms with van der Waals surface area (Å²) in [4.78, 5) is 14.3. The fourth-order valence-corrected chi connectivity index (χ4v) is 2.98. The summed E-state index contributed by atoms with van der Waals surface area (Å²) in [5.74, 6) is -0.151. The van der Waals surface area contributed by atoms with E-state index in [2.05, 4.69) is 22.5 Å². The number of likely N-dealkylation sites (tertiary alicyclic amines) is 1. The first-order chi connectivity index (χ1) is 10.1. The minimum atomic E-state index is -0.151. The third-order valence-electron chi connectivity index (χ3n) is 3.94. The number of carbonyl (C=O) groups excluding carboxylic acids is 1. The monoisotopic (exact) mass is 309 g/mol. The number of amides is 1. The maximum Gasteiger partial charge on any atom is 0.252 e. The van der Waals surface area contributed by atoms with Crippen LogP contribution in [-0.4, -0.2) is 43.5 Å². The van der Waals surface area contributed by atoms with Gasteiger partial charge in [0.25, 0.3) is 5.91 Å². The number of benzene rings is 1. The van der Waals surface area contributed by atoms with Crippen molar-refractivity contribution in [1.29, 1.82) is 0 Å². The molecule has 4 nitrogen and oxygen atoms in total. The number of halogens is 1. The Balaban J connectivity index is 1.96. The first-order valence-electron chi connectivity index (χ1n) is 7.64. The predicted octanol–water partition coefficient (Wildman–Crippen LogP) is 2.99. The van der Waals surface area contributed by atoms with Gasteiger partial charge in [-0.2, -0.15) is 0 Å². The zero-order valence-electron chi connectivity index (χ0n) is 12.8. The number of hydrogen-bond acceptors (Lipinski definition) is 3. The van der Waals surface area contributed by atoms with Crippen molar-refractivity contribution in [1.82, 2.24) is 10.2 Å². The number of hydrogen-bond donors (Lipinski definition) is 2. The van der Waals surface area contributed by atoms with E-state index in [4.69, 9.17) is 11.6 Å². The minimum Gasteiger partial charge on any atom is -0.382 e. The van der Waals surface area contributed by atoms with Crippen molar-refractivity contribution in [2.24, 2.45) is 0 Å². The van der Waals surface area contributed by atoms with Crippen LogP contribution in [0.15, 0.2) is 18.2 Å². The van der Waals surface area contributed by atoms with Crippen LogP contribution in [0.5, 0.6) is 0 Å². The molecule has 0 saturated carbocycles. The Bertz CT molecular complexity index is 484. The summed E-state index contributed by atoms with van der Waals surface area (Å²) in [6, 6.07) is 6.02. The molecular formula is C16H24ClN3O. The molecule has 1 fully saturated rings. The molecule has 1 aromatic carbocycles. The molecule has 0 aromatic heterocycles. The fourth-order valence-electron chi connectivity index (χ4n) is 2.78. The second-order valence-corrected chi connectivity index (χ2v) is 5.94. The molecular weight excluding hydrogens is 286 g/mol. The molecule has 0 radical (unpaired) electrons. The normalized spacial score (nSPS) is 16.7. The van der Waals surface area contributed by atoms with Crippen molar-refractivity contribution in [2.75, 3.05) is 32.0 Å². The molecule has 5 heteroatoms. The van der Waals surface area contributed by atoms with Gasteiger partial charge < -0.3 is 15.5 Å². The molecule has 116 valence electrons. The van der Waals surface area contributed by atoms with Crippen molar-refractivity contribution in [3.8, 4) is 0 Å². The van der Waals surface area contributed by atoms with Gasteiger partial charge in [0, 0.05) is 31.9 Å². The molecule has 1 amide bonds. The molecule has 1 heterocycles. The Kier molecular flexibility index (Phi) is 5.88. The highest BCUT2D eigenvalue weighted by Crippen LogP contribution is 2.23. The topological polar surface area (TPSA) is 44.4 Å². The highest BCUT2D eigenvalue weighted by molar-refractivity contribution is 6.34. The van der Waals surface area contributed by atoms with Crippen molar-refractivity contribution < 1.29 is 4.79 Å². The van der Waals surface area contributed by atoms with E-state index in [1.54, 1.807) is 13.1 Å². The second kappa shape index (κ2) is 7.66. The van der Waals surface area contributed by atoms with Crippen molar-refractivity contribution >= 4 is 23.2 Å². The van der Waals surface area contributed by atoms with Crippen molar-refractivity contribution in [3.63, 3.8) is 0 Å². The average molecular weight is 310 g/mol. The van der Waals surface area contributed by atoms with Crippen LogP contribution in [0, 0.1) is 0 Å². The van der Waals surface area contributed by atoms with Crippen LogP contribution in [0.4, 0.5) is 5.69 Å². The maximum atomic E-state index is 11.8. The van der Waals surface area contributed by atoms with Crippen LogP contribution in [0.1, 0.15) is 36.5 Å². The Morgan fingerprint density at radius 2 is 2.10 bits per heavy atom. The number of nitrogens with one attached hydrogen (secondary N) is 2. The SMILES string of the molecule is CCCN1CCC(Nc2ccc(Cl)c(C(=O)NC)c2)CC1. The highest BCUT2D eigenvalue weighted by atomic mass is 35.5. The van der Waals surface area contributed by atoms with Crippen LogP contribution < -0.4 is 10.6 Å². The molecule has 0 bridgehead atoms. The van der Waals surface area contributed by atoms with E-state index in [-0.39, 0.29) is 5.91 Å². The largest absolute Gasteiger partial charge is 0.382 e. The van der Waals surface area contributed by atoms with E-state index in [0.29, 0.717) is 16.6 Å². The maximum absolute atomic E-state index is 11.8. The van der Waals surface area contributed by atoms with E-state index in [1.807, 2.05) is 12.1 Å². The van der Waals surface area contributed by atoms with Crippen LogP contribution >= 0.6 is 11.6 Å². The number of piperidine rings is 1. The number of anilines is 1. The molecule has 0 spiro atoms. The summed E-state index contributed by atoms with van der Waals surface area (Å²) in [6.45, 7) is 5.69. The Morgan fingerprint density at radius 3 is 2.71 bits per heavy atom. The number of nitrogens with zero attached hydrogens (tertiary/aromatic N) is 1. The van der Waals surface area contributed by atoms with Gasteiger partial charge in [-0.05, 0) is 44.0 Å². The van der Waals surface area contributed by atoms with Gasteiger partial charge in [0.15, 0.2) is 0 Å². The fraction of sp³-hybridized carbons (Fsp3) is 0.562. The van der Waals surface area contributed by atoms with Crippen molar-refractivity contribution in [2.45, 2.75) is 32.2 Å². The molecule has 1 aliphatic rings. The van der Waals surface area contributed by atoms with E-state index in [1.165, 1.54) is 13.0 Å². The molecule has 2 rings (SSSR count). The van der Waals surface area contributed by atoms with Gasteiger partial charge in [0.1, 0.15) is 0 Å². The lowest BCUT2D eigenvalue weighted by molar-refractivity contribution is 0.0963. The lowest BCUT2D eigenvalue weighted by atomic mass is 10.0. The number of carbonyl (C=O) groups is 1. The van der Waals surface area contributed by atoms with E-state index >= 15 is 0 Å². The lowest BCUT2D eigenvalue weighted by Crippen LogP contribution is -2.39. The Hall–Kier alpha value is -1.26. The minimum absolute atomic E-state index is 0.151. The average Bonchev–Trinajstić information content (AvgIpc) is 2.50. The zero-order chi connectivity index (χ0) is 15.2. The Labute approximate surface area is 131 Å². The van der Waals surface area contributed by atoms with E-state index in [0.717, 1.165) is 31.6 Å². The van der Waals surface area contributed by atoms with Gasteiger partial charge >= 0.3 is 0 Å². The Morgan fingerprint density at radius 1 is 1.38 bits per heavy atom. The van der Waals surface area contributed by atoms with Crippen LogP contribution in [0.2, 0.25) is 5.02 Å². The first kappa shape index (κ1) is 16.1. The van der Waals surface area contributed by atoms with E-state index < -0.39 is 0 Å². The molecule has 0 atom stereocenters. The van der Waals surface area contributed by atoms with Gasteiger partial charge in [0.2, 0.25) is 0 Å². The quantitative estimate of drug-likeness (QED) is 0.879. The lowest BCUT2D eigenvalue weighted by Gasteiger charge is -2.32. The van der Waals surface area contributed by atoms with Gasteiger partial charge in [-0.15, -0.1) is 0 Å². The molecule has 2 N–H and O–H groups in total. The number of rotatable bonds is 5. The van der Waals surface area contributed by atoms with Gasteiger partial charge in [0.05, 0.1) is 10.6 Å². The summed E-state index contributed by atoms with van der Waals surface area (Å²) in [6.07, 6.45) is 3.49. The summed E-state index contributed by atoms with van der Waals surface area (Å²) in [5, 5.41) is 6.62. The van der Waals surface area contributed by atoms with Gasteiger partial charge in [-0.1, -0.05) is 18.5 Å². The predicted molar refractivity (Wildman–Crippen MR) is 88.2 cm³/mol. The molecule has 21 heavy (non-hydrogen) atoms. The summed E-state index contributed by atoms with van der Waals surface area (Å²) in [5.41, 5.74) is 1.49. The standard InChI is InChI=1S/C16H24ClN3O/c1-3-8-20-9-6-12(7-10-20)19-13-4-5-15(17)14(11-13)16(21)18-2/h4-5,11-12,19H,3,6-10H2,1-2H3,(H,18,21). The molecule has 0 aliphatic carbocycles. The van der Waals surface area contributed by atoms with Crippen molar-refractivity contribution in [3.05, 3.63) is 28.8 Å². The smallest absolute Gasteiger partial charge is 0.252 e. The third kappa shape index (κ3) is 4.35. The van der Waals surface area contributed by atoms with E-state index in [9.17, 15) is 4.79 Å². The van der Waals surface area contributed by atoms with Gasteiger partial charge in [-0.3, -0.25) is 4.79 Å². The molecule has 1 aromatic rings. The van der Waals surface area contributed by atoms with Crippen LogP contribution in [0.25, 0.3) is 0 Å². The second-order valence-electron chi connectivity index (χ2n) is 5.53. The molecule has 1 saturated heterocycles. The molecule has 1 aliphatic heterocycles. The zero-order valence-corrected chi connectivity index (χ0v) is 13.5. The summed E-state index contributed by atoms with van der Waals surface area (Å²) < 4.78 is 0. The summed E-state index contributed by atoms with van der Waals surface area (Å²) >= 11 is 6.07. The first-order valence-corrected chi connectivity index (χ1v) is 8.02. The van der Waals surface area contributed by atoms with Crippen LogP contribution in [-0.2, 0) is 0 Å². The molecule has 0 unspecified atom stereocenters. The van der Waals surface area contributed by atoms with Crippen LogP contribution in [0.3, 0.4) is 0 Å². The third-order valence-corrected chi connectivity index (χ3v) is 4.27. The highest BCUT2D eigenvalue weighted by Gasteiger charge is 2.19. The van der Waals surface area contributed by atoms with Gasteiger partial charge in [-0.25, -0.2) is 0 Å². The summed E-state index contributed by atoms with van der Waals surface area (Å²) in [7, 11) is 1.61.